The minimum atomic E-state index is -0.318. The molecule has 1 aliphatic rings. The third kappa shape index (κ3) is 22.4. The fraction of sp³-hybridized carbons (Fsp3) is 0.659. The van der Waals surface area contributed by atoms with Gasteiger partial charge in [0.15, 0.2) is 0 Å². The summed E-state index contributed by atoms with van der Waals surface area (Å²) in [6.45, 7) is 15.7. The Morgan fingerprint density at radius 1 is 1.02 bits per heavy atom. The van der Waals surface area contributed by atoms with Crippen LogP contribution in [0.15, 0.2) is 42.6 Å². The molecule has 1 aliphatic heterocycles. The van der Waals surface area contributed by atoms with Crippen molar-refractivity contribution in [1.29, 1.82) is 0 Å². The van der Waals surface area contributed by atoms with E-state index in [1.807, 2.05) is 32.0 Å². The Morgan fingerprint density at radius 3 is 2.04 bits per heavy atom. The van der Waals surface area contributed by atoms with Gasteiger partial charge >= 0.3 is 5.97 Å². The number of likely N-dealkylation sites (N-methyl/N-ethyl adjacent to an activating group) is 3. The number of anilines is 1. The van der Waals surface area contributed by atoms with Crippen LogP contribution in [0.25, 0.3) is 0 Å². The third-order valence-electron chi connectivity index (χ3n) is 8.72. The van der Waals surface area contributed by atoms with E-state index in [9.17, 15) is 19.2 Å². The molecule has 0 saturated carbocycles. The molecule has 2 heterocycles. The number of ether oxygens (including phenoxy) is 3. The third-order valence-corrected chi connectivity index (χ3v) is 8.72. The zero-order chi connectivity index (χ0) is 41.5. The number of hydrogen-bond acceptors (Lipinski definition) is 12. The molecule has 1 amide bonds. The van der Waals surface area contributed by atoms with E-state index < -0.39 is 0 Å². The number of nitrogens with zero attached hydrogens (tertiary/aromatic N) is 4. The molecule has 1 aromatic carbocycles. The topological polar surface area (TPSA) is 152 Å². The van der Waals surface area contributed by atoms with Gasteiger partial charge in [0.25, 0.3) is 0 Å². The molecular weight excluding hydrogens is 688 g/mol. The lowest BCUT2D eigenvalue weighted by Crippen LogP contribution is -2.50. The fourth-order valence-electron chi connectivity index (χ4n) is 5.59. The monoisotopic (exact) mass is 761 g/mol. The van der Waals surface area contributed by atoms with E-state index in [0.717, 1.165) is 37.7 Å². The molecule has 0 aliphatic carbocycles. The summed E-state index contributed by atoms with van der Waals surface area (Å²) in [6.07, 6.45) is 7.96. The molecule has 1 fully saturated rings. The molecule has 308 valence electrons. The molecule has 6 atom stereocenters. The predicted octanol–water partition coefficient (Wildman–Crippen LogP) is 5.39. The van der Waals surface area contributed by atoms with Crippen LogP contribution in [0.1, 0.15) is 78.0 Å². The van der Waals surface area contributed by atoms with Crippen molar-refractivity contribution in [2.45, 2.75) is 105 Å². The summed E-state index contributed by atoms with van der Waals surface area (Å²) in [7, 11) is 10.2. The fourth-order valence-corrected chi connectivity index (χ4v) is 5.59. The van der Waals surface area contributed by atoms with Gasteiger partial charge < -0.3 is 44.2 Å². The summed E-state index contributed by atoms with van der Waals surface area (Å²) in [5.41, 5.74) is 2.15. The summed E-state index contributed by atoms with van der Waals surface area (Å²) < 4.78 is 15.1. The number of carbonyl (C=O) groups excluding carboxylic acids is 4. The standard InChI is InChI=1S/C17H28N4O3.C10H19NO2.C7H8.C4H9NO2.C3H8/c1-6-12(2)16(14(24-5)8-10-22)21(4)15(23)11-19-17-18-9-7-13(3)20-17;1-8(7-12)10(13-3)9-5-4-6-11(9)2;1-7-5-3-2-4-6-7;1-5-3-4(6)7-2;1-3-2/h7,9-10,12,14,16H,6,8,11H2,1-5H3,(H,18,19,20);7-10H,4-6H2,1-3H3;2-6H,1H3;5H,3H2,1-2H3;3H2,1-2H3. The maximum absolute atomic E-state index is 12.6. The van der Waals surface area contributed by atoms with Crippen molar-refractivity contribution in [2.75, 3.05) is 67.4 Å². The average Bonchev–Trinajstić information content (AvgIpc) is 3.59. The number of hydrogen-bond donors (Lipinski definition) is 2. The number of carbonyl (C=O) groups is 4. The van der Waals surface area contributed by atoms with Crippen molar-refractivity contribution in [3.05, 3.63) is 53.9 Å². The van der Waals surface area contributed by atoms with E-state index in [-0.39, 0.29) is 61.5 Å². The molecule has 1 saturated heterocycles. The second-order valence-electron chi connectivity index (χ2n) is 13.3. The van der Waals surface area contributed by atoms with Gasteiger partial charge in [-0.05, 0) is 59.3 Å². The summed E-state index contributed by atoms with van der Waals surface area (Å²) in [6, 6.07) is 12.3. The number of rotatable bonds is 16. The van der Waals surface area contributed by atoms with Gasteiger partial charge in [-0.15, -0.1) is 0 Å². The van der Waals surface area contributed by atoms with Gasteiger partial charge in [0.1, 0.15) is 12.6 Å². The van der Waals surface area contributed by atoms with Crippen LogP contribution in [0, 0.1) is 25.7 Å². The number of esters is 1. The first-order chi connectivity index (χ1) is 25.8. The van der Waals surface area contributed by atoms with Gasteiger partial charge in [-0.2, -0.15) is 0 Å². The number of aldehydes is 2. The number of likely N-dealkylation sites (tertiary alicyclic amines) is 1. The molecule has 3 rings (SSSR count). The van der Waals surface area contributed by atoms with Gasteiger partial charge in [-0.3, -0.25) is 9.59 Å². The van der Waals surface area contributed by atoms with E-state index in [2.05, 4.69) is 84.0 Å². The molecule has 13 nitrogen and oxygen atoms in total. The highest BCUT2D eigenvalue weighted by Crippen LogP contribution is 2.24. The van der Waals surface area contributed by atoms with Crippen molar-refractivity contribution < 1.29 is 33.4 Å². The molecule has 2 aromatic rings. The highest BCUT2D eigenvalue weighted by Gasteiger charge is 2.33. The van der Waals surface area contributed by atoms with Crippen molar-refractivity contribution in [1.82, 2.24) is 25.1 Å². The van der Waals surface area contributed by atoms with Crippen LogP contribution in [0.3, 0.4) is 0 Å². The highest BCUT2D eigenvalue weighted by atomic mass is 16.5. The maximum atomic E-state index is 12.6. The summed E-state index contributed by atoms with van der Waals surface area (Å²) in [5.74, 6) is 0.295. The second kappa shape index (κ2) is 32.6. The lowest BCUT2D eigenvalue weighted by molar-refractivity contribution is -0.139. The highest BCUT2D eigenvalue weighted by molar-refractivity contribution is 5.80. The largest absolute Gasteiger partial charge is 0.468 e. The van der Waals surface area contributed by atoms with Crippen LogP contribution < -0.4 is 10.6 Å². The van der Waals surface area contributed by atoms with E-state index in [1.165, 1.54) is 25.5 Å². The molecule has 0 spiro atoms. The molecule has 0 bridgehead atoms. The molecular formula is C41H72N6O7. The van der Waals surface area contributed by atoms with Crippen LogP contribution in [-0.4, -0.2) is 131 Å². The summed E-state index contributed by atoms with van der Waals surface area (Å²) in [5, 5.41) is 5.59. The quantitative estimate of drug-likeness (QED) is 0.167. The van der Waals surface area contributed by atoms with E-state index >= 15 is 0 Å². The van der Waals surface area contributed by atoms with E-state index in [0.29, 0.717) is 12.0 Å². The Hall–Kier alpha value is -3.78. The van der Waals surface area contributed by atoms with Gasteiger partial charge in [0.2, 0.25) is 11.9 Å². The first-order valence-corrected chi connectivity index (χ1v) is 18.9. The van der Waals surface area contributed by atoms with Gasteiger partial charge in [0.05, 0.1) is 38.4 Å². The van der Waals surface area contributed by atoms with Crippen LogP contribution >= 0.6 is 0 Å². The van der Waals surface area contributed by atoms with Crippen molar-refractivity contribution in [3.8, 4) is 0 Å². The predicted molar refractivity (Wildman–Crippen MR) is 218 cm³/mol. The minimum Gasteiger partial charge on any atom is -0.468 e. The van der Waals surface area contributed by atoms with Crippen molar-refractivity contribution in [3.63, 3.8) is 0 Å². The first-order valence-electron chi connectivity index (χ1n) is 18.9. The number of aromatic nitrogens is 2. The number of aryl methyl sites for hydroxylation is 2. The first kappa shape index (κ1) is 52.3. The van der Waals surface area contributed by atoms with Crippen LogP contribution in [0.2, 0.25) is 0 Å². The van der Waals surface area contributed by atoms with Crippen LogP contribution in [-0.2, 0) is 33.4 Å². The van der Waals surface area contributed by atoms with Gasteiger partial charge in [-0.1, -0.05) is 83.4 Å². The van der Waals surface area contributed by atoms with E-state index in [4.69, 9.17) is 9.47 Å². The van der Waals surface area contributed by atoms with Crippen molar-refractivity contribution in [2.24, 2.45) is 11.8 Å². The Labute approximate surface area is 326 Å². The Kier molecular flexibility index (Phi) is 31.6. The molecule has 54 heavy (non-hydrogen) atoms. The number of benzene rings is 1. The number of methoxy groups -OCH3 is 3. The minimum absolute atomic E-state index is 0.00412. The Balaban J connectivity index is 0. The zero-order valence-electron chi connectivity index (χ0n) is 35.5. The Bertz CT molecular complexity index is 1260. The molecule has 1 aromatic heterocycles. The van der Waals surface area contributed by atoms with Crippen LogP contribution in [0.5, 0.6) is 0 Å². The maximum Gasteiger partial charge on any atom is 0.319 e. The molecule has 0 radical (unpaired) electrons. The number of amides is 1. The van der Waals surface area contributed by atoms with Gasteiger partial charge in [0, 0.05) is 51.5 Å². The SMILES string of the molecule is CCC.CCC(C)C(C(CC=O)OC)N(C)C(=O)CNc1nccc(C)n1.CNCC(=O)OC.COC(C(C)C=O)C1CCCN1C.Cc1ccccc1. The number of nitrogens with one attached hydrogen (secondary N) is 2. The summed E-state index contributed by atoms with van der Waals surface area (Å²) in [4.78, 5) is 56.5. The van der Waals surface area contributed by atoms with Crippen molar-refractivity contribution >= 4 is 30.4 Å². The summed E-state index contributed by atoms with van der Waals surface area (Å²) >= 11 is 0. The molecule has 13 heteroatoms. The smallest absolute Gasteiger partial charge is 0.319 e. The van der Waals surface area contributed by atoms with Gasteiger partial charge in [-0.25, -0.2) is 9.97 Å². The second-order valence-corrected chi connectivity index (χ2v) is 13.3. The lowest BCUT2D eigenvalue weighted by atomic mass is 9.91. The lowest BCUT2D eigenvalue weighted by Gasteiger charge is -2.37. The average molecular weight is 761 g/mol. The normalized spacial score (nSPS) is 15.9. The van der Waals surface area contributed by atoms with E-state index in [1.54, 1.807) is 45.5 Å². The Morgan fingerprint density at radius 2 is 1.65 bits per heavy atom. The molecule has 2 N–H and O–H groups in total. The van der Waals surface area contributed by atoms with Crippen LogP contribution in [0.4, 0.5) is 5.95 Å². The molecule has 6 unspecified atom stereocenters. The zero-order valence-corrected chi connectivity index (χ0v) is 35.5.